The Kier molecular flexibility index (Phi) is 6.55. The lowest BCUT2D eigenvalue weighted by molar-refractivity contribution is -0.147. The molecule has 0 bridgehead atoms. The van der Waals surface area contributed by atoms with Crippen molar-refractivity contribution in [3.63, 3.8) is 0 Å². The summed E-state index contributed by atoms with van der Waals surface area (Å²) in [5.74, 6) is 0.590. The van der Waals surface area contributed by atoms with Crippen LogP contribution in [0.5, 0.6) is 5.75 Å². The van der Waals surface area contributed by atoms with Crippen molar-refractivity contribution in [1.82, 2.24) is 24.0 Å². The summed E-state index contributed by atoms with van der Waals surface area (Å²) in [5.41, 5.74) is 12.6. The standard InChI is InChI=1S/C28H30N8O4/c1-34-24-21(31-26(34)22-11-17-5-4-8-30-25(17)36(22)13-16-6-7-16)10-18(12-23(24)39-2)27(37)35-14-19(28(38)40-3)9-20(15-35)32-33-29/h4-5,8,10-12,16,19-20H,6-7,9,13-15H2,1-3H3. The topological polar surface area (TPSA) is 140 Å². The largest absolute Gasteiger partial charge is 0.494 e. The van der Waals surface area contributed by atoms with E-state index in [2.05, 4.69) is 31.7 Å². The van der Waals surface area contributed by atoms with Crippen LogP contribution in [0.1, 0.15) is 29.6 Å². The molecular formula is C28H30N8O4. The number of hydrogen-bond donors (Lipinski definition) is 0. The van der Waals surface area contributed by atoms with Gasteiger partial charge in [0.25, 0.3) is 5.91 Å². The SMILES string of the molecule is COC(=O)C1CC(N=[N+]=[N-])CN(C(=O)c2cc(OC)c3c(c2)nc(-c2cc4cccnc4n2CC2CC2)n3C)C1. The molecule has 2 atom stereocenters. The van der Waals surface area contributed by atoms with Crippen LogP contribution in [-0.2, 0) is 23.1 Å². The lowest BCUT2D eigenvalue weighted by Gasteiger charge is -2.34. The third-order valence-electron chi connectivity index (χ3n) is 7.89. The fourth-order valence-electron chi connectivity index (χ4n) is 5.75. The van der Waals surface area contributed by atoms with Crippen LogP contribution in [0.25, 0.3) is 44.0 Å². The van der Waals surface area contributed by atoms with E-state index in [1.807, 2.05) is 23.9 Å². The Morgan fingerprint density at radius 3 is 2.75 bits per heavy atom. The van der Waals surface area contributed by atoms with E-state index >= 15 is 0 Å². The van der Waals surface area contributed by atoms with Gasteiger partial charge >= 0.3 is 5.97 Å². The number of methoxy groups -OCH3 is 2. The van der Waals surface area contributed by atoms with E-state index in [0.717, 1.165) is 34.6 Å². The minimum Gasteiger partial charge on any atom is -0.494 e. The summed E-state index contributed by atoms with van der Waals surface area (Å²) >= 11 is 0. The van der Waals surface area contributed by atoms with Crippen molar-refractivity contribution in [2.45, 2.75) is 31.8 Å². The number of azide groups is 1. The smallest absolute Gasteiger partial charge is 0.310 e. The van der Waals surface area contributed by atoms with Gasteiger partial charge in [-0.1, -0.05) is 5.11 Å². The molecule has 1 aliphatic heterocycles. The number of carbonyl (C=O) groups is 2. The number of ether oxygens (including phenoxy) is 2. The fraction of sp³-hybridized carbons (Fsp3) is 0.429. The van der Waals surface area contributed by atoms with Gasteiger partial charge in [0.15, 0.2) is 5.82 Å². The number of amides is 1. The third kappa shape index (κ3) is 4.50. The predicted octanol–water partition coefficient (Wildman–Crippen LogP) is 4.32. The molecule has 1 amide bonds. The molecule has 4 heterocycles. The first kappa shape index (κ1) is 25.7. The number of nitrogens with zero attached hydrogens (tertiary/aromatic N) is 8. The minimum atomic E-state index is -0.577. The number of aromatic nitrogens is 4. The highest BCUT2D eigenvalue weighted by Gasteiger charge is 2.35. The van der Waals surface area contributed by atoms with Crippen LogP contribution < -0.4 is 4.74 Å². The molecule has 12 heteroatoms. The summed E-state index contributed by atoms with van der Waals surface area (Å²) in [6, 6.07) is 9.02. The molecule has 2 aliphatic rings. The summed E-state index contributed by atoms with van der Waals surface area (Å²) < 4.78 is 14.9. The summed E-state index contributed by atoms with van der Waals surface area (Å²) in [7, 11) is 4.82. The third-order valence-corrected chi connectivity index (χ3v) is 7.89. The number of rotatable bonds is 7. The van der Waals surface area contributed by atoms with E-state index < -0.39 is 17.9 Å². The van der Waals surface area contributed by atoms with E-state index in [9.17, 15) is 9.59 Å². The van der Waals surface area contributed by atoms with Gasteiger partial charge in [-0.05, 0) is 61.0 Å². The molecular weight excluding hydrogens is 512 g/mol. The zero-order valence-electron chi connectivity index (χ0n) is 22.6. The van der Waals surface area contributed by atoms with Crippen LogP contribution in [0.2, 0.25) is 0 Å². The van der Waals surface area contributed by atoms with Crippen LogP contribution in [0.4, 0.5) is 0 Å². The molecule has 40 heavy (non-hydrogen) atoms. The maximum atomic E-state index is 13.7. The first-order chi connectivity index (χ1) is 19.4. The lowest BCUT2D eigenvalue weighted by atomic mass is 9.94. The van der Waals surface area contributed by atoms with Gasteiger partial charge in [-0.3, -0.25) is 9.59 Å². The number of likely N-dealkylation sites (tertiary alicyclic amines) is 1. The van der Waals surface area contributed by atoms with E-state index in [0.29, 0.717) is 29.2 Å². The fourth-order valence-corrected chi connectivity index (χ4v) is 5.75. The summed E-state index contributed by atoms with van der Waals surface area (Å²) in [5, 5.41) is 4.84. The predicted molar refractivity (Wildman–Crippen MR) is 148 cm³/mol. The van der Waals surface area contributed by atoms with Crippen LogP contribution >= 0.6 is 0 Å². The van der Waals surface area contributed by atoms with E-state index in [1.165, 1.54) is 24.9 Å². The Bertz CT molecular complexity index is 1680. The molecule has 1 aromatic carbocycles. The Hall–Kier alpha value is -4.57. The molecule has 12 nitrogen and oxygen atoms in total. The Balaban J connectivity index is 1.41. The van der Waals surface area contributed by atoms with Gasteiger partial charge < -0.3 is 23.5 Å². The van der Waals surface area contributed by atoms with Crippen molar-refractivity contribution in [3.8, 4) is 17.3 Å². The number of aryl methyl sites for hydroxylation is 1. The Morgan fingerprint density at radius 1 is 1.20 bits per heavy atom. The van der Waals surface area contributed by atoms with Crippen molar-refractivity contribution in [2.24, 2.45) is 24.0 Å². The van der Waals surface area contributed by atoms with Gasteiger partial charge in [-0.25, -0.2) is 9.97 Å². The molecule has 2 unspecified atom stereocenters. The maximum absolute atomic E-state index is 13.7. The van der Waals surface area contributed by atoms with Gasteiger partial charge in [0.05, 0.1) is 37.4 Å². The monoisotopic (exact) mass is 542 g/mol. The quantitative estimate of drug-likeness (QED) is 0.147. The van der Waals surface area contributed by atoms with Crippen LogP contribution in [0.3, 0.4) is 0 Å². The van der Waals surface area contributed by atoms with E-state index in [4.69, 9.17) is 20.0 Å². The van der Waals surface area contributed by atoms with Crippen molar-refractivity contribution >= 4 is 33.9 Å². The zero-order chi connectivity index (χ0) is 28.0. The van der Waals surface area contributed by atoms with Gasteiger partial charge in [0, 0.05) is 48.7 Å². The van der Waals surface area contributed by atoms with Crippen molar-refractivity contribution in [3.05, 3.63) is 52.5 Å². The second kappa shape index (κ2) is 10.2. The van der Waals surface area contributed by atoms with Crippen molar-refractivity contribution in [2.75, 3.05) is 27.3 Å². The molecule has 1 saturated heterocycles. The normalized spacial score (nSPS) is 19.0. The summed E-state index contributed by atoms with van der Waals surface area (Å²) in [4.78, 5) is 40.1. The van der Waals surface area contributed by atoms with Crippen molar-refractivity contribution in [1.29, 1.82) is 0 Å². The van der Waals surface area contributed by atoms with Crippen molar-refractivity contribution < 1.29 is 19.1 Å². The number of imidazole rings is 1. The number of carbonyl (C=O) groups excluding carboxylic acids is 2. The highest BCUT2D eigenvalue weighted by atomic mass is 16.5. The zero-order valence-corrected chi connectivity index (χ0v) is 22.6. The molecule has 206 valence electrons. The second-order valence-corrected chi connectivity index (χ2v) is 10.6. The van der Waals surface area contributed by atoms with Crippen LogP contribution in [-0.4, -0.2) is 69.2 Å². The second-order valence-electron chi connectivity index (χ2n) is 10.6. The summed E-state index contributed by atoms with van der Waals surface area (Å²) in [6.45, 7) is 1.26. The molecule has 0 radical (unpaired) electrons. The number of benzene rings is 1. The maximum Gasteiger partial charge on any atom is 0.310 e. The van der Waals surface area contributed by atoms with Gasteiger partial charge in [-0.2, -0.15) is 0 Å². The molecule has 2 fully saturated rings. The molecule has 1 saturated carbocycles. The van der Waals surface area contributed by atoms with Gasteiger partial charge in [0.2, 0.25) is 0 Å². The number of piperidine rings is 1. The van der Waals surface area contributed by atoms with Gasteiger partial charge in [-0.15, -0.1) is 0 Å². The first-order valence-electron chi connectivity index (χ1n) is 13.3. The van der Waals surface area contributed by atoms with E-state index in [1.54, 1.807) is 19.2 Å². The number of esters is 1. The number of pyridine rings is 1. The first-order valence-corrected chi connectivity index (χ1v) is 13.3. The molecule has 0 N–H and O–H groups in total. The lowest BCUT2D eigenvalue weighted by Crippen LogP contribution is -2.48. The molecule has 1 aliphatic carbocycles. The Morgan fingerprint density at radius 2 is 2.02 bits per heavy atom. The number of hydrogen-bond acceptors (Lipinski definition) is 7. The average Bonchev–Trinajstić information content (AvgIpc) is 3.64. The molecule has 6 rings (SSSR count). The van der Waals surface area contributed by atoms with Crippen LogP contribution in [0.15, 0.2) is 41.6 Å². The summed E-state index contributed by atoms with van der Waals surface area (Å²) in [6.07, 6.45) is 4.56. The highest BCUT2D eigenvalue weighted by molar-refractivity contribution is 6.00. The van der Waals surface area contributed by atoms with E-state index in [-0.39, 0.29) is 19.0 Å². The molecule has 3 aromatic heterocycles. The highest BCUT2D eigenvalue weighted by Crippen LogP contribution is 2.37. The average molecular weight is 543 g/mol. The van der Waals surface area contributed by atoms with Crippen LogP contribution in [0, 0.1) is 11.8 Å². The minimum absolute atomic E-state index is 0.172. The van der Waals surface area contributed by atoms with Gasteiger partial charge in [0.1, 0.15) is 16.9 Å². The Labute approximate surface area is 230 Å². The molecule has 4 aromatic rings. The number of fused-ring (bicyclic) bond motifs is 2. The molecule has 0 spiro atoms.